The first-order valence-electron chi connectivity index (χ1n) is 5.21. The number of hydrogen-bond donors (Lipinski definition) is 0. The van der Waals surface area contributed by atoms with Gasteiger partial charge in [-0.25, -0.2) is 0 Å². The molecule has 0 atom stereocenters. The van der Waals surface area contributed by atoms with Crippen LogP contribution in [0.25, 0.3) is 0 Å². The first kappa shape index (κ1) is 12.2. The normalized spacial score (nSPS) is 23.9. The molecule has 0 bridgehead atoms. The van der Waals surface area contributed by atoms with Gasteiger partial charge in [0, 0.05) is 18.4 Å². The molecule has 3 nitrogen and oxygen atoms in total. The van der Waals surface area contributed by atoms with Crippen LogP contribution < -0.4 is 0 Å². The lowest BCUT2D eigenvalue weighted by Crippen LogP contribution is -2.37. The minimum atomic E-state index is -0.0521. The maximum atomic E-state index is 11.9. The predicted molar refractivity (Wildman–Crippen MR) is 68.8 cm³/mol. The molecule has 16 heavy (non-hydrogen) atoms. The largest absolute Gasteiger partial charge is 0.444 e. The summed E-state index contributed by atoms with van der Waals surface area (Å²) >= 11 is 6.74. The van der Waals surface area contributed by atoms with E-state index in [1.54, 1.807) is 17.0 Å². The van der Waals surface area contributed by atoms with E-state index in [1.807, 2.05) is 7.05 Å². The van der Waals surface area contributed by atoms with Crippen LogP contribution >= 0.6 is 31.9 Å². The number of furan rings is 1. The third kappa shape index (κ3) is 2.69. The number of rotatable bonds is 3. The van der Waals surface area contributed by atoms with Crippen molar-refractivity contribution in [3.63, 3.8) is 0 Å². The topological polar surface area (TPSA) is 33.5 Å². The highest BCUT2D eigenvalue weighted by atomic mass is 79.9. The average Bonchev–Trinajstić information content (AvgIpc) is 2.61. The number of alkyl halides is 1. The van der Waals surface area contributed by atoms with Crippen LogP contribution in [0.3, 0.4) is 0 Å². The first-order chi connectivity index (χ1) is 7.56. The van der Waals surface area contributed by atoms with Crippen molar-refractivity contribution in [2.45, 2.75) is 17.7 Å². The SMILES string of the molecule is CN(CC1CC(Br)C1)C(=O)c1ccc(Br)o1. The van der Waals surface area contributed by atoms with Gasteiger partial charge in [-0.1, -0.05) is 15.9 Å². The van der Waals surface area contributed by atoms with Gasteiger partial charge in [0.2, 0.25) is 0 Å². The molecule has 0 unspecified atom stereocenters. The minimum absolute atomic E-state index is 0.0521. The lowest BCUT2D eigenvalue weighted by molar-refractivity contribution is 0.0716. The van der Waals surface area contributed by atoms with Gasteiger partial charge in [0.15, 0.2) is 10.4 Å². The molecule has 1 aliphatic carbocycles. The molecule has 1 aromatic rings. The van der Waals surface area contributed by atoms with Crippen molar-refractivity contribution >= 4 is 37.8 Å². The Morgan fingerprint density at radius 2 is 2.25 bits per heavy atom. The molecule has 2 rings (SSSR count). The van der Waals surface area contributed by atoms with Crippen molar-refractivity contribution in [2.24, 2.45) is 5.92 Å². The summed E-state index contributed by atoms with van der Waals surface area (Å²) in [5, 5.41) is 0. The summed E-state index contributed by atoms with van der Waals surface area (Å²) in [5.41, 5.74) is 0. The second-order valence-corrected chi connectivity index (χ2v) is 6.30. The van der Waals surface area contributed by atoms with Crippen molar-refractivity contribution in [1.29, 1.82) is 0 Å². The lowest BCUT2D eigenvalue weighted by atomic mass is 9.85. The van der Waals surface area contributed by atoms with Crippen molar-refractivity contribution < 1.29 is 9.21 Å². The molecule has 0 radical (unpaired) electrons. The van der Waals surface area contributed by atoms with Crippen LogP contribution in [0.4, 0.5) is 0 Å². The molecular weight excluding hydrogens is 338 g/mol. The Balaban J connectivity index is 1.89. The summed E-state index contributed by atoms with van der Waals surface area (Å²) in [7, 11) is 1.82. The Morgan fingerprint density at radius 3 is 2.75 bits per heavy atom. The second kappa shape index (κ2) is 4.92. The fourth-order valence-electron chi connectivity index (χ4n) is 1.89. The highest BCUT2D eigenvalue weighted by molar-refractivity contribution is 9.10. The monoisotopic (exact) mass is 349 g/mol. The van der Waals surface area contributed by atoms with E-state index in [0.29, 0.717) is 21.2 Å². The van der Waals surface area contributed by atoms with E-state index in [-0.39, 0.29) is 5.91 Å². The Bertz CT molecular complexity index is 385. The molecule has 88 valence electrons. The maximum Gasteiger partial charge on any atom is 0.289 e. The quantitative estimate of drug-likeness (QED) is 0.784. The molecular formula is C11H13Br2NO2. The average molecular weight is 351 g/mol. The van der Waals surface area contributed by atoms with Crippen LogP contribution in [-0.4, -0.2) is 29.2 Å². The van der Waals surface area contributed by atoms with Gasteiger partial charge < -0.3 is 9.32 Å². The van der Waals surface area contributed by atoms with E-state index in [0.717, 1.165) is 19.4 Å². The van der Waals surface area contributed by atoms with Gasteiger partial charge in [0.1, 0.15) is 0 Å². The molecule has 0 aliphatic heterocycles. The Labute approximate surface area is 111 Å². The summed E-state index contributed by atoms with van der Waals surface area (Å²) in [6.45, 7) is 0.805. The fraction of sp³-hybridized carbons (Fsp3) is 0.545. The molecule has 1 aromatic heterocycles. The van der Waals surface area contributed by atoms with Gasteiger partial charge >= 0.3 is 0 Å². The zero-order chi connectivity index (χ0) is 11.7. The van der Waals surface area contributed by atoms with E-state index in [1.165, 1.54) is 0 Å². The summed E-state index contributed by atoms with van der Waals surface area (Å²) in [5.74, 6) is 0.963. The van der Waals surface area contributed by atoms with E-state index in [4.69, 9.17) is 4.42 Å². The highest BCUT2D eigenvalue weighted by Crippen LogP contribution is 2.33. The number of nitrogens with zero attached hydrogens (tertiary/aromatic N) is 1. The minimum Gasteiger partial charge on any atom is -0.444 e. The molecule has 0 aromatic carbocycles. The van der Waals surface area contributed by atoms with Crippen LogP contribution in [0.5, 0.6) is 0 Å². The molecule has 0 saturated heterocycles. The third-order valence-corrected chi connectivity index (χ3v) is 4.01. The number of halogens is 2. The number of carbonyl (C=O) groups is 1. The Hall–Kier alpha value is -0.290. The standard InChI is InChI=1S/C11H13Br2NO2/c1-14(6-7-4-8(12)5-7)11(15)9-2-3-10(13)16-9/h2-3,7-8H,4-6H2,1H3. The lowest BCUT2D eigenvalue weighted by Gasteiger charge is -2.34. The van der Waals surface area contributed by atoms with Gasteiger partial charge in [-0.05, 0) is 46.8 Å². The zero-order valence-electron chi connectivity index (χ0n) is 8.95. The van der Waals surface area contributed by atoms with Crippen LogP contribution in [0, 0.1) is 5.92 Å². The van der Waals surface area contributed by atoms with Crippen molar-refractivity contribution in [3.05, 3.63) is 22.6 Å². The highest BCUT2D eigenvalue weighted by Gasteiger charge is 2.29. The van der Waals surface area contributed by atoms with Crippen LogP contribution in [0.15, 0.2) is 21.2 Å². The molecule has 1 amide bonds. The Morgan fingerprint density at radius 1 is 1.56 bits per heavy atom. The van der Waals surface area contributed by atoms with Crippen LogP contribution in [0.2, 0.25) is 0 Å². The first-order valence-corrected chi connectivity index (χ1v) is 6.92. The number of carbonyl (C=O) groups excluding carboxylic acids is 1. The zero-order valence-corrected chi connectivity index (χ0v) is 12.1. The van der Waals surface area contributed by atoms with Crippen LogP contribution in [0.1, 0.15) is 23.4 Å². The molecule has 0 N–H and O–H groups in total. The van der Waals surface area contributed by atoms with Gasteiger partial charge in [-0.15, -0.1) is 0 Å². The van der Waals surface area contributed by atoms with Crippen LogP contribution in [-0.2, 0) is 0 Å². The molecule has 0 spiro atoms. The second-order valence-electron chi connectivity index (χ2n) is 4.22. The van der Waals surface area contributed by atoms with Gasteiger partial charge in [0.25, 0.3) is 5.91 Å². The fourth-order valence-corrected chi connectivity index (χ4v) is 3.25. The van der Waals surface area contributed by atoms with Gasteiger partial charge in [0.05, 0.1) is 0 Å². The van der Waals surface area contributed by atoms with Gasteiger partial charge in [-0.2, -0.15) is 0 Å². The van der Waals surface area contributed by atoms with Crippen molar-refractivity contribution in [3.8, 4) is 0 Å². The smallest absolute Gasteiger partial charge is 0.289 e. The Kier molecular flexibility index (Phi) is 3.74. The maximum absolute atomic E-state index is 11.9. The number of amides is 1. The van der Waals surface area contributed by atoms with E-state index >= 15 is 0 Å². The predicted octanol–water partition coefficient (Wildman–Crippen LogP) is 3.29. The van der Waals surface area contributed by atoms with E-state index in [2.05, 4.69) is 31.9 Å². The molecule has 1 saturated carbocycles. The van der Waals surface area contributed by atoms with Crippen molar-refractivity contribution in [1.82, 2.24) is 4.90 Å². The molecule has 1 heterocycles. The van der Waals surface area contributed by atoms with E-state index < -0.39 is 0 Å². The molecule has 1 fully saturated rings. The molecule has 5 heteroatoms. The summed E-state index contributed by atoms with van der Waals surface area (Å²) in [6, 6.07) is 3.43. The van der Waals surface area contributed by atoms with E-state index in [9.17, 15) is 4.79 Å². The van der Waals surface area contributed by atoms with Gasteiger partial charge in [-0.3, -0.25) is 4.79 Å². The summed E-state index contributed by atoms with van der Waals surface area (Å²) < 4.78 is 5.83. The number of hydrogen-bond acceptors (Lipinski definition) is 2. The third-order valence-electron chi connectivity index (χ3n) is 2.84. The molecule has 1 aliphatic rings. The summed E-state index contributed by atoms with van der Waals surface area (Å²) in [6.07, 6.45) is 2.30. The summed E-state index contributed by atoms with van der Waals surface area (Å²) in [4.78, 5) is 14.3. The van der Waals surface area contributed by atoms with Crippen molar-refractivity contribution in [2.75, 3.05) is 13.6 Å².